The minimum Gasteiger partial charge on any atom is -0.455 e. The van der Waals surface area contributed by atoms with Crippen LogP contribution in [-0.4, -0.2) is 17.2 Å². The molecule has 9 rings (SSSR count). The molecule has 0 atom stereocenters. The van der Waals surface area contributed by atoms with E-state index in [1.807, 2.05) is 67.6 Å². The highest BCUT2D eigenvalue weighted by Gasteiger charge is 2.29. The van der Waals surface area contributed by atoms with Gasteiger partial charge in [0.25, 0.3) is 0 Å². The Morgan fingerprint density at radius 1 is 0.796 bits per heavy atom. The van der Waals surface area contributed by atoms with Gasteiger partial charge < -0.3 is 13.7 Å². The van der Waals surface area contributed by atoms with Crippen LogP contribution < -0.4 is 4.74 Å². The Morgan fingerprint density at radius 3 is 2.43 bits per heavy atom. The molecule has 6 aromatic carbocycles. The molecule has 0 saturated carbocycles. The van der Waals surface area contributed by atoms with Crippen molar-refractivity contribution < 1.29 is 9.15 Å². The predicted octanol–water partition coefficient (Wildman–Crippen LogP) is 11.5. The molecule has 0 fully saturated rings. The van der Waals surface area contributed by atoms with Gasteiger partial charge >= 0.3 is 0 Å². The van der Waals surface area contributed by atoms with Crippen molar-refractivity contribution in [1.82, 2.24) is 4.57 Å². The summed E-state index contributed by atoms with van der Waals surface area (Å²) >= 11 is 0. The first kappa shape index (κ1) is 28.7. The van der Waals surface area contributed by atoms with E-state index in [1.54, 1.807) is 0 Å². The second-order valence-corrected chi connectivity index (χ2v) is 12.2. The highest BCUT2D eigenvalue weighted by Crippen LogP contribution is 2.43. The number of hydrogen-bond acceptors (Lipinski definition) is 4. The van der Waals surface area contributed by atoms with Crippen LogP contribution in [0, 0.1) is 0 Å². The Hall–Kier alpha value is -6.46. The summed E-state index contributed by atoms with van der Waals surface area (Å²) in [5, 5.41) is 6.63. The molecular weight excluding hydrogens is 603 g/mol. The van der Waals surface area contributed by atoms with Gasteiger partial charge in [-0.1, -0.05) is 110 Å². The van der Waals surface area contributed by atoms with Crippen LogP contribution in [0.3, 0.4) is 0 Å². The number of furan rings is 1. The summed E-state index contributed by atoms with van der Waals surface area (Å²) in [6.07, 6.45) is 6.05. The van der Waals surface area contributed by atoms with E-state index < -0.39 is 0 Å². The molecule has 1 aliphatic rings. The van der Waals surface area contributed by atoms with E-state index in [1.165, 1.54) is 0 Å². The molecule has 49 heavy (non-hydrogen) atoms. The summed E-state index contributed by atoms with van der Waals surface area (Å²) in [7, 11) is 0. The molecule has 1 aliphatic heterocycles. The Labute approximate surface area is 283 Å². The lowest BCUT2D eigenvalue weighted by molar-refractivity contribution is 0.561. The summed E-state index contributed by atoms with van der Waals surface area (Å²) < 4.78 is 15.5. The maximum absolute atomic E-state index is 6.73. The maximum atomic E-state index is 6.73. The topological polar surface area (TPSA) is 52.0 Å². The molecule has 0 amide bonds. The lowest BCUT2D eigenvalue weighted by Crippen LogP contribution is -2.07. The van der Waals surface area contributed by atoms with Crippen LogP contribution in [0.1, 0.15) is 29.2 Å². The summed E-state index contributed by atoms with van der Waals surface area (Å²) in [6.45, 7) is 10.3. The largest absolute Gasteiger partial charge is 0.455 e. The quantitative estimate of drug-likeness (QED) is 0.171. The van der Waals surface area contributed by atoms with Crippen molar-refractivity contribution in [3.05, 3.63) is 150 Å². The fraction of sp³-hybridized carbons (Fsp3) is 0.0455. The number of para-hydroxylation sites is 1. The van der Waals surface area contributed by atoms with E-state index in [9.17, 15) is 0 Å². The SMILES string of the molecule is C=Cc1cc2oc3c(ccc4c3c3ccc5ccccc5c3n4C/N=C3/Oc4ccccc4/C3=C(/N=C)c3ccccc3)c2cc1/C=C\C. The number of rotatable bonds is 6. The highest BCUT2D eigenvalue weighted by molar-refractivity contribution is 6.31. The average molecular weight is 634 g/mol. The van der Waals surface area contributed by atoms with Gasteiger partial charge in [-0.2, -0.15) is 0 Å². The molecule has 2 aromatic heterocycles. The highest BCUT2D eigenvalue weighted by atomic mass is 16.5. The zero-order chi connectivity index (χ0) is 33.1. The summed E-state index contributed by atoms with van der Waals surface area (Å²) in [5.41, 5.74) is 9.44. The summed E-state index contributed by atoms with van der Waals surface area (Å²) in [4.78, 5) is 9.70. The number of hydrogen-bond donors (Lipinski definition) is 0. The summed E-state index contributed by atoms with van der Waals surface area (Å²) in [5.74, 6) is 1.27. The van der Waals surface area contributed by atoms with Crippen molar-refractivity contribution in [3.8, 4) is 5.75 Å². The van der Waals surface area contributed by atoms with Gasteiger partial charge in [0.1, 0.15) is 23.6 Å². The third kappa shape index (κ3) is 4.40. The third-order valence-corrected chi connectivity index (χ3v) is 9.49. The predicted molar refractivity (Wildman–Crippen MR) is 206 cm³/mol. The van der Waals surface area contributed by atoms with Gasteiger partial charge in [-0.3, -0.25) is 4.99 Å². The number of ether oxygens (including phenoxy) is 1. The van der Waals surface area contributed by atoms with Crippen molar-refractivity contribution in [2.24, 2.45) is 9.98 Å². The molecule has 0 radical (unpaired) electrons. The molecule has 3 heterocycles. The van der Waals surface area contributed by atoms with E-state index in [2.05, 4.69) is 95.7 Å². The van der Waals surface area contributed by atoms with Crippen LogP contribution in [0.5, 0.6) is 5.75 Å². The lowest BCUT2D eigenvalue weighted by atomic mass is 10.0. The van der Waals surface area contributed by atoms with Gasteiger partial charge in [0.05, 0.1) is 27.7 Å². The monoisotopic (exact) mass is 633 g/mol. The van der Waals surface area contributed by atoms with E-state index >= 15 is 0 Å². The number of allylic oxidation sites excluding steroid dienone is 1. The van der Waals surface area contributed by atoms with Crippen molar-refractivity contribution in [3.63, 3.8) is 0 Å². The molecule has 5 nitrogen and oxygen atoms in total. The van der Waals surface area contributed by atoms with Gasteiger partial charge in [-0.05, 0) is 60.5 Å². The van der Waals surface area contributed by atoms with Gasteiger partial charge in [-0.25, -0.2) is 4.99 Å². The smallest absolute Gasteiger partial charge is 0.226 e. The van der Waals surface area contributed by atoms with Crippen LogP contribution >= 0.6 is 0 Å². The third-order valence-electron chi connectivity index (χ3n) is 9.49. The lowest BCUT2D eigenvalue weighted by Gasteiger charge is -2.10. The number of aromatic nitrogens is 1. The molecule has 5 heteroatoms. The number of aliphatic imine (C=N–C) groups is 2. The zero-order valence-corrected chi connectivity index (χ0v) is 27.0. The molecule has 0 saturated heterocycles. The Kier molecular flexibility index (Phi) is 6.66. The van der Waals surface area contributed by atoms with Gasteiger partial charge in [0, 0.05) is 32.7 Å². The molecule has 0 aliphatic carbocycles. The minimum absolute atomic E-state index is 0.317. The van der Waals surface area contributed by atoms with Crippen molar-refractivity contribution in [2.75, 3.05) is 0 Å². The number of nitrogens with zero attached hydrogens (tertiary/aromatic N) is 3. The second kappa shape index (κ2) is 11.4. The molecule has 0 N–H and O–H groups in total. The maximum Gasteiger partial charge on any atom is 0.226 e. The van der Waals surface area contributed by atoms with Crippen LogP contribution in [-0.2, 0) is 6.67 Å². The van der Waals surface area contributed by atoms with Crippen LogP contribution in [0.2, 0.25) is 0 Å². The molecule has 8 aromatic rings. The van der Waals surface area contributed by atoms with E-state index in [4.69, 9.17) is 14.1 Å². The molecule has 234 valence electrons. The standard InChI is InChI=1S/C44H31N3O2/c1-4-13-30-24-35-32-22-23-36-39(43(32)48-38(35)25-27(30)5-2)34-21-20-28-14-9-10-17-31(28)42(34)47(36)26-46-44-40(33-18-11-12-19-37(33)49-44)41(45-3)29-15-7-6-8-16-29/h4-25H,2-3,26H2,1H3/b13-4-,41-40-,46-44+. The van der Waals surface area contributed by atoms with E-state index in [0.29, 0.717) is 12.6 Å². The fourth-order valence-corrected chi connectivity index (χ4v) is 7.33. The Balaban J connectivity index is 1.31. The minimum atomic E-state index is 0.317. The Bertz CT molecular complexity index is 2760. The van der Waals surface area contributed by atoms with Crippen molar-refractivity contribution >= 4 is 90.6 Å². The van der Waals surface area contributed by atoms with Gasteiger partial charge in [0.2, 0.25) is 5.90 Å². The fourth-order valence-electron chi connectivity index (χ4n) is 7.33. The van der Waals surface area contributed by atoms with Crippen LogP contribution in [0.15, 0.2) is 142 Å². The Morgan fingerprint density at radius 2 is 1.59 bits per heavy atom. The molecule has 0 spiro atoms. The molecular formula is C44H31N3O2. The first-order chi connectivity index (χ1) is 24.2. The molecule has 0 bridgehead atoms. The molecule has 0 unspecified atom stereocenters. The van der Waals surface area contributed by atoms with Gasteiger partial charge in [0.15, 0.2) is 0 Å². The average Bonchev–Trinajstić information content (AvgIpc) is 3.80. The number of fused-ring (bicyclic) bond motifs is 10. The van der Waals surface area contributed by atoms with Crippen molar-refractivity contribution in [2.45, 2.75) is 13.6 Å². The normalized spacial score (nSPS) is 14.8. The summed E-state index contributed by atoms with van der Waals surface area (Å²) in [6, 6.07) is 39.6. The van der Waals surface area contributed by atoms with Crippen LogP contribution in [0.25, 0.3) is 77.9 Å². The van der Waals surface area contributed by atoms with Crippen LogP contribution in [0.4, 0.5) is 0 Å². The second-order valence-electron chi connectivity index (χ2n) is 12.2. The van der Waals surface area contributed by atoms with E-state index in [-0.39, 0.29) is 0 Å². The van der Waals surface area contributed by atoms with Gasteiger partial charge in [-0.15, -0.1) is 0 Å². The van der Waals surface area contributed by atoms with E-state index in [0.717, 1.165) is 93.8 Å². The van der Waals surface area contributed by atoms with Crippen molar-refractivity contribution in [1.29, 1.82) is 0 Å². The zero-order valence-electron chi connectivity index (χ0n) is 27.0. The first-order valence-electron chi connectivity index (χ1n) is 16.3. The first-order valence-corrected chi connectivity index (χ1v) is 16.3. The number of benzene rings is 6.